The zero-order valence-corrected chi connectivity index (χ0v) is 10.9. The summed E-state index contributed by atoms with van der Waals surface area (Å²) in [7, 11) is 0. The van der Waals surface area contributed by atoms with Gasteiger partial charge >= 0.3 is 5.97 Å². The lowest BCUT2D eigenvalue weighted by Crippen LogP contribution is -2.29. The number of carbonyl (C=O) groups excluding carboxylic acids is 1. The molecule has 0 amide bonds. The predicted octanol–water partition coefficient (Wildman–Crippen LogP) is 1.88. The molecule has 19 heavy (non-hydrogen) atoms. The van der Waals surface area contributed by atoms with Crippen LogP contribution in [0.15, 0.2) is 24.3 Å². The molecule has 104 valence electrons. The Kier molecular flexibility index (Phi) is 4.63. The normalized spacial score (nSPS) is 19.9. The number of carbonyl (C=O) groups is 1. The van der Waals surface area contributed by atoms with E-state index in [0.29, 0.717) is 5.75 Å². The van der Waals surface area contributed by atoms with Gasteiger partial charge in [0.2, 0.25) is 0 Å². The molecule has 0 bridgehead atoms. The molecule has 0 radical (unpaired) electrons. The largest absolute Gasteiger partial charge is 0.508 e. The average Bonchev–Trinajstić information content (AvgIpc) is 2.91. The van der Waals surface area contributed by atoms with Gasteiger partial charge in [0.1, 0.15) is 18.1 Å². The molecule has 1 heterocycles. The Bertz CT molecular complexity index is 408. The Morgan fingerprint density at radius 2 is 2.21 bits per heavy atom. The van der Waals surface area contributed by atoms with Gasteiger partial charge < -0.3 is 19.3 Å². The molecule has 5 heteroatoms. The highest BCUT2D eigenvalue weighted by molar-refractivity contribution is 5.74. The van der Waals surface area contributed by atoms with Crippen LogP contribution in [0.4, 0.5) is 0 Å². The van der Waals surface area contributed by atoms with Crippen molar-refractivity contribution in [2.45, 2.75) is 32.0 Å². The van der Waals surface area contributed by atoms with E-state index in [4.69, 9.17) is 19.3 Å². The van der Waals surface area contributed by atoms with Crippen LogP contribution < -0.4 is 4.74 Å². The molecule has 2 atom stereocenters. The van der Waals surface area contributed by atoms with Gasteiger partial charge in [-0.15, -0.1) is 0 Å². The maximum Gasteiger partial charge on any atom is 0.347 e. The summed E-state index contributed by atoms with van der Waals surface area (Å²) in [6, 6.07) is 6.19. The molecule has 1 aliphatic heterocycles. The summed E-state index contributed by atoms with van der Waals surface area (Å²) in [5.74, 6) is 0.254. The lowest BCUT2D eigenvalue weighted by atomic mass is 10.2. The van der Waals surface area contributed by atoms with Crippen LogP contribution in [0.5, 0.6) is 11.5 Å². The van der Waals surface area contributed by atoms with Crippen molar-refractivity contribution in [1.29, 1.82) is 0 Å². The first-order chi connectivity index (χ1) is 9.15. The Morgan fingerprint density at radius 1 is 1.47 bits per heavy atom. The van der Waals surface area contributed by atoms with Crippen molar-refractivity contribution in [3.63, 3.8) is 0 Å². The monoisotopic (exact) mass is 266 g/mol. The smallest absolute Gasteiger partial charge is 0.347 e. The molecule has 1 aromatic rings. The first-order valence-corrected chi connectivity index (χ1v) is 6.39. The summed E-state index contributed by atoms with van der Waals surface area (Å²) in [5, 5.41) is 9.14. The lowest BCUT2D eigenvalue weighted by Gasteiger charge is -2.15. The molecular weight excluding hydrogens is 248 g/mol. The van der Waals surface area contributed by atoms with Crippen LogP contribution in [-0.4, -0.2) is 36.5 Å². The minimum absolute atomic E-state index is 0.0184. The van der Waals surface area contributed by atoms with Gasteiger partial charge in [-0.25, -0.2) is 4.79 Å². The van der Waals surface area contributed by atoms with Crippen LogP contribution in [0.3, 0.4) is 0 Å². The molecule has 2 rings (SSSR count). The summed E-state index contributed by atoms with van der Waals surface area (Å²) in [6.07, 6.45) is 1.28. The van der Waals surface area contributed by atoms with Crippen LogP contribution in [0.25, 0.3) is 0 Å². The fourth-order valence-electron chi connectivity index (χ4n) is 1.85. The summed E-state index contributed by atoms with van der Waals surface area (Å²) < 4.78 is 15.9. The van der Waals surface area contributed by atoms with Gasteiger partial charge in [-0.05, 0) is 44.0 Å². The van der Waals surface area contributed by atoms with Crippen LogP contribution in [0.1, 0.15) is 19.8 Å². The topological polar surface area (TPSA) is 65.0 Å². The average molecular weight is 266 g/mol. The molecule has 1 saturated heterocycles. The second-order valence-corrected chi connectivity index (χ2v) is 4.52. The van der Waals surface area contributed by atoms with E-state index in [2.05, 4.69) is 0 Å². The number of hydrogen-bond acceptors (Lipinski definition) is 5. The Balaban J connectivity index is 1.76. The number of aromatic hydroxyl groups is 1. The molecule has 1 fully saturated rings. The molecule has 0 aliphatic carbocycles. The fourth-order valence-corrected chi connectivity index (χ4v) is 1.85. The number of phenols is 1. The minimum atomic E-state index is -0.689. The highest BCUT2D eigenvalue weighted by Crippen LogP contribution is 2.18. The number of ether oxygens (including phenoxy) is 3. The number of phenolic OH excluding ortho intramolecular Hbond substituents is 1. The number of benzene rings is 1. The Hall–Kier alpha value is -1.75. The first kappa shape index (κ1) is 13.7. The third-order valence-electron chi connectivity index (χ3n) is 2.92. The molecule has 0 spiro atoms. The minimum Gasteiger partial charge on any atom is -0.508 e. The molecule has 1 N–H and O–H groups in total. The van der Waals surface area contributed by atoms with E-state index in [0.717, 1.165) is 19.4 Å². The van der Waals surface area contributed by atoms with Gasteiger partial charge in [-0.2, -0.15) is 0 Å². The third-order valence-corrected chi connectivity index (χ3v) is 2.92. The van der Waals surface area contributed by atoms with Gasteiger partial charge in [-0.3, -0.25) is 0 Å². The predicted molar refractivity (Wildman–Crippen MR) is 68.1 cm³/mol. The van der Waals surface area contributed by atoms with E-state index < -0.39 is 12.1 Å². The van der Waals surface area contributed by atoms with E-state index >= 15 is 0 Å². The lowest BCUT2D eigenvalue weighted by molar-refractivity contribution is -0.154. The van der Waals surface area contributed by atoms with Crippen molar-refractivity contribution in [1.82, 2.24) is 0 Å². The molecule has 5 nitrogen and oxygen atoms in total. The maximum absolute atomic E-state index is 11.7. The van der Waals surface area contributed by atoms with Gasteiger partial charge in [0.05, 0.1) is 6.10 Å². The number of hydrogen-bond donors (Lipinski definition) is 1. The quantitative estimate of drug-likeness (QED) is 0.824. The van der Waals surface area contributed by atoms with E-state index in [9.17, 15) is 4.79 Å². The number of esters is 1. The maximum atomic E-state index is 11.7. The number of rotatable bonds is 5. The van der Waals surface area contributed by atoms with E-state index in [1.165, 1.54) is 12.1 Å². The third kappa shape index (κ3) is 4.13. The van der Waals surface area contributed by atoms with E-state index in [-0.39, 0.29) is 18.5 Å². The molecule has 1 aromatic carbocycles. The second-order valence-electron chi connectivity index (χ2n) is 4.52. The highest BCUT2D eigenvalue weighted by atomic mass is 16.6. The Morgan fingerprint density at radius 3 is 2.84 bits per heavy atom. The van der Waals surface area contributed by atoms with E-state index in [1.54, 1.807) is 19.1 Å². The van der Waals surface area contributed by atoms with E-state index in [1.807, 2.05) is 0 Å². The van der Waals surface area contributed by atoms with Crippen molar-refractivity contribution in [2.75, 3.05) is 13.2 Å². The zero-order chi connectivity index (χ0) is 13.7. The van der Waals surface area contributed by atoms with Crippen molar-refractivity contribution < 1.29 is 24.1 Å². The fraction of sp³-hybridized carbons (Fsp3) is 0.500. The van der Waals surface area contributed by atoms with Crippen LogP contribution in [0.2, 0.25) is 0 Å². The second kappa shape index (κ2) is 6.43. The zero-order valence-electron chi connectivity index (χ0n) is 10.9. The van der Waals surface area contributed by atoms with Gasteiger partial charge in [-0.1, -0.05) is 0 Å². The Labute approximate surface area is 112 Å². The highest BCUT2D eigenvalue weighted by Gasteiger charge is 2.21. The van der Waals surface area contributed by atoms with Gasteiger partial charge in [0, 0.05) is 6.61 Å². The van der Waals surface area contributed by atoms with Crippen LogP contribution in [-0.2, 0) is 14.3 Å². The van der Waals surface area contributed by atoms with Crippen molar-refractivity contribution in [3.05, 3.63) is 24.3 Å². The molecule has 1 aliphatic rings. The molecule has 0 aromatic heterocycles. The summed E-state index contributed by atoms with van der Waals surface area (Å²) in [5.41, 5.74) is 0. The summed E-state index contributed by atoms with van der Waals surface area (Å²) in [4.78, 5) is 11.7. The standard InChI is InChI=1S/C14H18O5/c1-10(19-12-6-4-11(15)5-7-12)14(16)18-9-13-3-2-8-17-13/h4-7,10,13,15H,2-3,8-9H2,1H3/t10-,13?/m1/s1. The van der Waals surface area contributed by atoms with Crippen LogP contribution >= 0.6 is 0 Å². The van der Waals surface area contributed by atoms with Crippen molar-refractivity contribution in [2.24, 2.45) is 0 Å². The summed E-state index contributed by atoms with van der Waals surface area (Å²) >= 11 is 0. The van der Waals surface area contributed by atoms with Crippen molar-refractivity contribution in [3.8, 4) is 11.5 Å². The molecule has 1 unspecified atom stereocenters. The molecule has 0 saturated carbocycles. The molecular formula is C14H18O5. The van der Waals surface area contributed by atoms with Gasteiger partial charge in [0.15, 0.2) is 6.10 Å². The van der Waals surface area contributed by atoms with Crippen molar-refractivity contribution >= 4 is 5.97 Å². The SMILES string of the molecule is C[C@@H](Oc1ccc(O)cc1)C(=O)OCC1CCCO1. The van der Waals surface area contributed by atoms with Crippen LogP contribution in [0, 0.1) is 0 Å². The van der Waals surface area contributed by atoms with Gasteiger partial charge in [0.25, 0.3) is 0 Å². The first-order valence-electron chi connectivity index (χ1n) is 6.39. The summed E-state index contributed by atoms with van der Waals surface area (Å²) in [6.45, 7) is 2.65.